The normalized spacial score (nSPS) is 30.2. The van der Waals surface area contributed by atoms with E-state index in [1.54, 1.807) is 0 Å². The number of rotatable bonds is 3. The second-order valence-electron chi connectivity index (χ2n) is 3.04. The maximum Gasteiger partial charge on any atom is 0.482 e. The van der Waals surface area contributed by atoms with Gasteiger partial charge in [-0.15, -0.1) is 11.6 Å². The Morgan fingerprint density at radius 2 is 2.08 bits per heavy atom. The summed E-state index contributed by atoms with van der Waals surface area (Å²) in [6.07, 6.45) is -0.169. The number of alkyl halides is 1. The van der Waals surface area contributed by atoms with Crippen molar-refractivity contribution >= 4 is 24.4 Å². The predicted molar refractivity (Wildman–Crippen MR) is 41.3 cm³/mol. The van der Waals surface area contributed by atoms with Crippen molar-refractivity contribution < 1.29 is 17.7 Å². The van der Waals surface area contributed by atoms with Crippen LogP contribution in [0.15, 0.2) is 0 Å². The van der Waals surface area contributed by atoms with Crippen molar-refractivity contribution in [1.82, 2.24) is 0 Å². The number of Topliss-reactive ketones (excluding diaryl/α,β-unsaturated/α-hetero) is 1. The number of hydrogen-bond donors (Lipinski definition) is 0. The van der Waals surface area contributed by atoms with Gasteiger partial charge in [0, 0.05) is 5.88 Å². The molecule has 0 heterocycles. The second-order valence-corrected chi connectivity index (χ2v) is 3.42. The molecule has 1 rings (SSSR count). The second kappa shape index (κ2) is 3.28. The number of ketones is 1. The van der Waals surface area contributed by atoms with Crippen LogP contribution in [0.25, 0.3) is 0 Å². The monoisotopic (exact) mass is 199 g/mol. The van der Waals surface area contributed by atoms with Gasteiger partial charge < -0.3 is 12.9 Å². The van der Waals surface area contributed by atoms with Crippen molar-refractivity contribution in [2.75, 3.05) is 5.88 Å². The topological polar surface area (TPSA) is 17.1 Å². The van der Waals surface area contributed by atoms with Gasteiger partial charge in [-0.2, -0.15) is 0 Å². The molecule has 2 atom stereocenters. The van der Waals surface area contributed by atoms with Gasteiger partial charge in [-0.3, -0.25) is 4.79 Å². The molecule has 1 aliphatic carbocycles. The van der Waals surface area contributed by atoms with Gasteiger partial charge in [0.1, 0.15) is 5.78 Å². The van der Waals surface area contributed by atoms with Crippen LogP contribution < -0.4 is 0 Å². The first-order chi connectivity index (χ1) is 5.46. The summed E-state index contributed by atoms with van der Waals surface area (Å²) in [5.41, 5.74) is 0. The summed E-state index contributed by atoms with van der Waals surface area (Å²) in [5.74, 6) is -2.39. The van der Waals surface area contributed by atoms with Gasteiger partial charge in [-0.1, -0.05) is 5.82 Å². The van der Waals surface area contributed by atoms with Crippen molar-refractivity contribution in [2.45, 2.75) is 18.7 Å². The molecule has 6 heteroatoms. The fraction of sp³-hybridized carbons (Fsp3) is 0.833. The van der Waals surface area contributed by atoms with Crippen LogP contribution in [0.3, 0.4) is 0 Å². The third kappa shape index (κ3) is 1.76. The van der Waals surface area contributed by atoms with Crippen molar-refractivity contribution in [2.24, 2.45) is 5.92 Å². The van der Waals surface area contributed by atoms with E-state index < -0.39 is 18.7 Å². The maximum atomic E-state index is 12.1. The first kappa shape index (κ1) is 9.90. The van der Waals surface area contributed by atoms with E-state index >= 15 is 0 Å². The summed E-state index contributed by atoms with van der Waals surface area (Å²) < 4.78 is 36.3. The number of hydrogen-bond acceptors (Lipinski definition) is 1. The van der Waals surface area contributed by atoms with E-state index in [9.17, 15) is 17.7 Å². The van der Waals surface area contributed by atoms with Gasteiger partial charge in [0.15, 0.2) is 0 Å². The standard InChI is InChI=1S/C6H8BClF3O/c8-2-1-4-5(3-6(4)12)7(9,10)11/h4-5H,1-3H2/q-1. The third-order valence-electron chi connectivity index (χ3n) is 2.27. The molecule has 12 heavy (non-hydrogen) atoms. The molecule has 1 fully saturated rings. The first-order valence-electron chi connectivity index (χ1n) is 3.75. The third-order valence-corrected chi connectivity index (χ3v) is 2.49. The minimum Gasteiger partial charge on any atom is -0.449 e. The Hall–Kier alpha value is -0.185. The Morgan fingerprint density at radius 3 is 2.42 bits per heavy atom. The smallest absolute Gasteiger partial charge is 0.449 e. The fourth-order valence-electron chi connectivity index (χ4n) is 1.49. The molecule has 0 aromatic heterocycles. The minimum absolute atomic E-state index is 0.124. The minimum atomic E-state index is -4.85. The van der Waals surface area contributed by atoms with Crippen molar-refractivity contribution in [3.63, 3.8) is 0 Å². The SMILES string of the molecule is O=C1CC([B-](F)(F)F)C1CCCl. The molecule has 2 unspecified atom stereocenters. The molecule has 0 spiro atoms. The molecule has 1 nitrogen and oxygen atoms in total. The lowest BCUT2D eigenvalue weighted by molar-refractivity contribution is -0.130. The molecule has 0 bridgehead atoms. The molecule has 0 amide bonds. The van der Waals surface area contributed by atoms with Crippen LogP contribution in [-0.4, -0.2) is 18.6 Å². The summed E-state index contributed by atoms with van der Waals surface area (Å²) in [6, 6.07) is 0. The van der Waals surface area contributed by atoms with Crippen LogP contribution in [0.5, 0.6) is 0 Å². The van der Waals surface area contributed by atoms with Gasteiger partial charge >= 0.3 is 6.98 Å². The molecule has 0 aliphatic heterocycles. The van der Waals surface area contributed by atoms with E-state index in [1.165, 1.54) is 0 Å². The molecular weight excluding hydrogens is 191 g/mol. The Bertz CT molecular complexity index is 194. The van der Waals surface area contributed by atoms with Gasteiger partial charge in [-0.05, 0) is 18.8 Å². The van der Waals surface area contributed by atoms with E-state index in [2.05, 4.69) is 0 Å². The van der Waals surface area contributed by atoms with Crippen molar-refractivity contribution in [3.8, 4) is 0 Å². The van der Waals surface area contributed by atoms with E-state index in [4.69, 9.17) is 11.6 Å². The van der Waals surface area contributed by atoms with Crippen LogP contribution in [-0.2, 0) is 4.79 Å². The van der Waals surface area contributed by atoms with E-state index in [1.807, 2.05) is 0 Å². The van der Waals surface area contributed by atoms with E-state index in [0.717, 1.165) is 0 Å². The maximum absolute atomic E-state index is 12.1. The van der Waals surface area contributed by atoms with Crippen LogP contribution in [0.2, 0.25) is 5.82 Å². The highest BCUT2D eigenvalue weighted by molar-refractivity contribution is 6.62. The van der Waals surface area contributed by atoms with Gasteiger partial charge in [0.2, 0.25) is 0 Å². The molecule has 0 saturated heterocycles. The van der Waals surface area contributed by atoms with Gasteiger partial charge in [0.25, 0.3) is 0 Å². The molecule has 70 valence electrons. The zero-order chi connectivity index (χ0) is 9.35. The summed E-state index contributed by atoms with van der Waals surface area (Å²) in [5, 5.41) is 0. The predicted octanol–water partition coefficient (Wildman–Crippen LogP) is 2.42. The fourth-order valence-corrected chi connectivity index (χ4v) is 1.73. The van der Waals surface area contributed by atoms with Crippen LogP contribution in [0, 0.1) is 5.92 Å². The molecule has 0 aromatic rings. The van der Waals surface area contributed by atoms with Crippen molar-refractivity contribution in [3.05, 3.63) is 0 Å². The largest absolute Gasteiger partial charge is 0.482 e. The zero-order valence-electron chi connectivity index (χ0n) is 6.27. The molecule has 0 radical (unpaired) electrons. The zero-order valence-corrected chi connectivity index (χ0v) is 7.03. The van der Waals surface area contributed by atoms with Crippen LogP contribution in [0.1, 0.15) is 12.8 Å². The molecule has 1 aliphatic rings. The number of carbonyl (C=O) groups is 1. The summed E-state index contributed by atoms with van der Waals surface area (Å²) in [6.45, 7) is -4.85. The highest BCUT2D eigenvalue weighted by Crippen LogP contribution is 2.47. The van der Waals surface area contributed by atoms with Gasteiger partial charge in [0.05, 0.1) is 0 Å². The average molecular weight is 199 g/mol. The van der Waals surface area contributed by atoms with Gasteiger partial charge in [-0.25, -0.2) is 0 Å². The average Bonchev–Trinajstić information content (AvgIpc) is 1.93. The number of halogens is 4. The Morgan fingerprint density at radius 1 is 1.50 bits per heavy atom. The molecule has 0 N–H and O–H groups in total. The first-order valence-corrected chi connectivity index (χ1v) is 4.29. The quantitative estimate of drug-likeness (QED) is 0.504. The number of carbonyl (C=O) groups excluding carboxylic acids is 1. The lowest BCUT2D eigenvalue weighted by atomic mass is 9.53. The Labute approximate surface area is 73.3 Å². The highest BCUT2D eigenvalue weighted by atomic mass is 35.5. The molecule has 0 aromatic carbocycles. The highest BCUT2D eigenvalue weighted by Gasteiger charge is 2.49. The molecular formula is C6H8BClF3O-. The van der Waals surface area contributed by atoms with E-state index in [-0.39, 0.29) is 24.5 Å². The molecule has 1 saturated carbocycles. The van der Waals surface area contributed by atoms with Crippen molar-refractivity contribution in [1.29, 1.82) is 0 Å². The lowest BCUT2D eigenvalue weighted by Crippen LogP contribution is -2.44. The summed E-state index contributed by atoms with van der Waals surface area (Å²) >= 11 is 5.28. The van der Waals surface area contributed by atoms with E-state index in [0.29, 0.717) is 0 Å². The Kier molecular flexibility index (Phi) is 2.71. The van der Waals surface area contributed by atoms with Crippen LogP contribution in [0.4, 0.5) is 12.9 Å². The van der Waals surface area contributed by atoms with Crippen LogP contribution >= 0.6 is 11.6 Å². The lowest BCUT2D eigenvalue weighted by Gasteiger charge is -2.41. The summed E-state index contributed by atoms with van der Waals surface area (Å²) in [7, 11) is 0. The Balaban J connectivity index is 2.54. The summed E-state index contributed by atoms with van der Waals surface area (Å²) in [4.78, 5) is 10.7.